The molecule has 0 bridgehead atoms. The molecule has 2 rings (SSSR count). The number of hydrogen-bond acceptors (Lipinski definition) is 2. The van der Waals surface area contributed by atoms with Crippen LogP contribution in [0.1, 0.15) is 25.7 Å². The maximum atomic E-state index is 5.58. The third-order valence-corrected chi connectivity index (χ3v) is 3.20. The lowest BCUT2D eigenvalue weighted by molar-refractivity contribution is 0.104. The molecule has 1 aliphatic carbocycles. The highest BCUT2D eigenvalue weighted by molar-refractivity contribution is 4.89. The summed E-state index contributed by atoms with van der Waals surface area (Å²) >= 11 is 0. The summed E-state index contributed by atoms with van der Waals surface area (Å²) in [5.74, 6) is 0.848. The van der Waals surface area contributed by atoms with E-state index in [-0.39, 0.29) is 0 Å². The third kappa shape index (κ3) is 1.42. The summed E-state index contributed by atoms with van der Waals surface area (Å²) in [6.45, 7) is 3.61. The Morgan fingerprint density at radius 1 is 1.18 bits per heavy atom. The predicted octanol–water partition coefficient (Wildman–Crippen LogP) is 0.819. The summed E-state index contributed by atoms with van der Waals surface area (Å²) in [4.78, 5) is 2.64. The largest absolute Gasteiger partial charge is 0.330 e. The van der Waals surface area contributed by atoms with Gasteiger partial charge < -0.3 is 10.6 Å². The first-order chi connectivity index (χ1) is 5.40. The van der Waals surface area contributed by atoms with Crippen LogP contribution in [0.3, 0.4) is 0 Å². The normalized spacial score (nSPS) is 39.0. The van der Waals surface area contributed by atoms with Gasteiger partial charge in [-0.05, 0) is 51.2 Å². The van der Waals surface area contributed by atoms with Crippen LogP contribution in [0.25, 0.3) is 0 Å². The second-order valence-corrected chi connectivity index (χ2v) is 3.97. The Hall–Kier alpha value is -0.0800. The van der Waals surface area contributed by atoms with E-state index < -0.39 is 0 Å². The molecule has 0 unspecified atom stereocenters. The highest BCUT2D eigenvalue weighted by Crippen LogP contribution is 2.32. The molecule has 11 heavy (non-hydrogen) atoms. The highest BCUT2D eigenvalue weighted by atomic mass is 15.2. The number of likely N-dealkylation sites (tertiary alicyclic amines) is 1. The van der Waals surface area contributed by atoms with Gasteiger partial charge in [0.2, 0.25) is 0 Å². The Labute approximate surface area is 68.7 Å². The first-order valence-electron chi connectivity index (χ1n) is 4.84. The van der Waals surface area contributed by atoms with Crippen LogP contribution in [0.4, 0.5) is 0 Å². The molecule has 0 aromatic rings. The molecule has 2 heteroatoms. The van der Waals surface area contributed by atoms with Gasteiger partial charge in [-0.25, -0.2) is 0 Å². The van der Waals surface area contributed by atoms with Crippen LogP contribution in [-0.2, 0) is 0 Å². The Morgan fingerprint density at radius 3 is 2.36 bits per heavy atom. The molecule has 1 heterocycles. The van der Waals surface area contributed by atoms with Crippen LogP contribution in [0.15, 0.2) is 0 Å². The molecule has 2 fully saturated rings. The van der Waals surface area contributed by atoms with E-state index in [1.165, 1.54) is 38.8 Å². The molecule has 2 N–H and O–H groups in total. The molecule has 0 radical (unpaired) electrons. The van der Waals surface area contributed by atoms with E-state index in [1.807, 2.05) is 0 Å². The van der Waals surface area contributed by atoms with Gasteiger partial charge in [-0.3, -0.25) is 0 Å². The number of nitrogens with two attached hydrogens (primary N) is 1. The van der Waals surface area contributed by atoms with Crippen LogP contribution >= 0.6 is 0 Å². The fourth-order valence-electron chi connectivity index (χ4n) is 2.30. The van der Waals surface area contributed by atoms with Gasteiger partial charge in [0.05, 0.1) is 0 Å². The maximum absolute atomic E-state index is 5.58. The third-order valence-electron chi connectivity index (χ3n) is 3.20. The number of rotatable bonds is 2. The van der Waals surface area contributed by atoms with Gasteiger partial charge in [-0.2, -0.15) is 0 Å². The van der Waals surface area contributed by atoms with Crippen molar-refractivity contribution in [1.29, 1.82) is 0 Å². The topological polar surface area (TPSA) is 29.3 Å². The van der Waals surface area contributed by atoms with Crippen molar-refractivity contribution in [2.24, 2.45) is 11.7 Å². The van der Waals surface area contributed by atoms with Crippen molar-refractivity contribution in [3.63, 3.8) is 0 Å². The minimum absolute atomic E-state index is 0.848. The molecule has 0 aromatic heterocycles. The van der Waals surface area contributed by atoms with Crippen LogP contribution < -0.4 is 5.73 Å². The lowest BCUT2D eigenvalue weighted by Gasteiger charge is -2.40. The zero-order chi connectivity index (χ0) is 7.68. The quantitative estimate of drug-likeness (QED) is 0.638. The van der Waals surface area contributed by atoms with Crippen LogP contribution in [0.2, 0.25) is 0 Å². The van der Waals surface area contributed by atoms with Crippen LogP contribution in [0.5, 0.6) is 0 Å². The molecule has 0 aromatic carbocycles. The van der Waals surface area contributed by atoms with Gasteiger partial charge in [-0.15, -0.1) is 0 Å². The summed E-state index contributed by atoms with van der Waals surface area (Å²) in [6.07, 6.45) is 5.58. The van der Waals surface area contributed by atoms with Gasteiger partial charge in [0, 0.05) is 6.04 Å². The van der Waals surface area contributed by atoms with Crippen molar-refractivity contribution in [3.05, 3.63) is 0 Å². The lowest BCUT2D eigenvalue weighted by Crippen LogP contribution is -2.45. The van der Waals surface area contributed by atoms with E-state index in [9.17, 15) is 0 Å². The Kier molecular flexibility index (Phi) is 2.14. The molecular weight excluding hydrogens is 136 g/mol. The summed E-state index contributed by atoms with van der Waals surface area (Å²) < 4.78 is 0. The Morgan fingerprint density at radius 2 is 1.82 bits per heavy atom. The number of nitrogens with zero attached hydrogens (tertiary/aromatic N) is 1. The van der Waals surface area contributed by atoms with E-state index in [4.69, 9.17) is 5.73 Å². The average molecular weight is 154 g/mol. The summed E-state index contributed by atoms with van der Waals surface area (Å²) in [5, 5.41) is 0. The molecule has 1 saturated carbocycles. The molecule has 0 atom stereocenters. The fourth-order valence-corrected chi connectivity index (χ4v) is 2.30. The molecule has 1 saturated heterocycles. The van der Waals surface area contributed by atoms with Gasteiger partial charge in [-0.1, -0.05) is 0 Å². The first kappa shape index (κ1) is 7.56. The predicted molar refractivity (Wildman–Crippen MR) is 46.4 cm³/mol. The molecule has 64 valence electrons. The Bertz CT molecular complexity index is 124. The van der Waals surface area contributed by atoms with E-state index >= 15 is 0 Å². The molecule has 0 spiro atoms. The zero-order valence-electron chi connectivity index (χ0n) is 7.13. The standard InChI is InChI=1S/C9H18N2/c10-7-8-5-9(6-8)11-3-1-2-4-11/h8-9H,1-7,10H2. The smallest absolute Gasteiger partial charge is 0.0101 e. The second kappa shape index (κ2) is 3.11. The van der Waals surface area contributed by atoms with Crippen molar-refractivity contribution < 1.29 is 0 Å². The summed E-state index contributed by atoms with van der Waals surface area (Å²) in [5.41, 5.74) is 5.58. The molecule has 2 nitrogen and oxygen atoms in total. The minimum atomic E-state index is 0.848. The first-order valence-corrected chi connectivity index (χ1v) is 4.84. The van der Waals surface area contributed by atoms with Crippen molar-refractivity contribution in [3.8, 4) is 0 Å². The fraction of sp³-hybridized carbons (Fsp3) is 1.00. The molecular formula is C9H18N2. The SMILES string of the molecule is NCC1CC(N2CCCC2)C1. The van der Waals surface area contributed by atoms with E-state index in [1.54, 1.807) is 0 Å². The van der Waals surface area contributed by atoms with Crippen molar-refractivity contribution in [2.45, 2.75) is 31.7 Å². The number of hydrogen-bond donors (Lipinski definition) is 1. The van der Waals surface area contributed by atoms with E-state index in [2.05, 4.69) is 4.90 Å². The molecule has 0 amide bonds. The van der Waals surface area contributed by atoms with Crippen molar-refractivity contribution in [1.82, 2.24) is 4.90 Å². The van der Waals surface area contributed by atoms with Gasteiger partial charge in [0.15, 0.2) is 0 Å². The monoisotopic (exact) mass is 154 g/mol. The maximum Gasteiger partial charge on any atom is 0.0101 e. The van der Waals surface area contributed by atoms with E-state index in [0.717, 1.165) is 18.5 Å². The van der Waals surface area contributed by atoms with Crippen molar-refractivity contribution >= 4 is 0 Å². The van der Waals surface area contributed by atoms with Crippen molar-refractivity contribution in [2.75, 3.05) is 19.6 Å². The second-order valence-electron chi connectivity index (χ2n) is 3.97. The van der Waals surface area contributed by atoms with Crippen LogP contribution in [-0.4, -0.2) is 30.6 Å². The molecule has 1 aliphatic heterocycles. The van der Waals surface area contributed by atoms with Gasteiger partial charge >= 0.3 is 0 Å². The average Bonchev–Trinajstić information content (AvgIpc) is 2.37. The van der Waals surface area contributed by atoms with E-state index in [0.29, 0.717) is 0 Å². The van der Waals surface area contributed by atoms with Gasteiger partial charge in [0.25, 0.3) is 0 Å². The minimum Gasteiger partial charge on any atom is -0.330 e. The molecule has 2 aliphatic rings. The van der Waals surface area contributed by atoms with Gasteiger partial charge in [0.1, 0.15) is 0 Å². The zero-order valence-corrected chi connectivity index (χ0v) is 7.13. The summed E-state index contributed by atoms with van der Waals surface area (Å²) in [7, 11) is 0. The summed E-state index contributed by atoms with van der Waals surface area (Å²) in [6, 6.07) is 0.908. The van der Waals surface area contributed by atoms with Crippen LogP contribution in [0, 0.1) is 5.92 Å². The highest BCUT2D eigenvalue weighted by Gasteiger charge is 2.33. The Balaban J connectivity index is 1.73. The lowest BCUT2D eigenvalue weighted by atomic mass is 9.79.